The minimum Gasteiger partial charge on any atom is -0.378 e. The summed E-state index contributed by atoms with van der Waals surface area (Å²) in [7, 11) is 3.75. The predicted molar refractivity (Wildman–Crippen MR) is 57.3 cm³/mol. The molecule has 84 valence electrons. The lowest BCUT2D eigenvalue weighted by Crippen LogP contribution is -2.40. The van der Waals surface area contributed by atoms with Gasteiger partial charge in [-0.05, 0) is 20.5 Å². The van der Waals surface area contributed by atoms with Gasteiger partial charge in [-0.1, -0.05) is 6.92 Å². The fourth-order valence-electron chi connectivity index (χ4n) is 1.18. The van der Waals surface area contributed by atoms with Crippen molar-refractivity contribution in [3.8, 4) is 0 Å². The molecule has 1 aliphatic heterocycles. The first-order valence-corrected chi connectivity index (χ1v) is 5.20. The molecule has 0 atom stereocenters. The molecule has 1 N–H and O–H groups in total. The van der Waals surface area contributed by atoms with Gasteiger partial charge in [-0.3, -0.25) is 4.79 Å². The number of amides is 1. The summed E-state index contributed by atoms with van der Waals surface area (Å²) >= 11 is 0. The number of carbonyl (C=O) groups is 1. The number of carbonyl (C=O) groups excluding carboxylic acids is 1. The van der Waals surface area contributed by atoms with Crippen LogP contribution in [0.1, 0.15) is 19.8 Å². The van der Waals surface area contributed by atoms with Gasteiger partial charge in [0.05, 0.1) is 13.2 Å². The molecular formula is C10H22N2O2. The van der Waals surface area contributed by atoms with Crippen molar-refractivity contribution in [2.24, 2.45) is 0 Å². The van der Waals surface area contributed by atoms with E-state index in [2.05, 4.69) is 5.32 Å². The van der Waals surface area contributed by atoms with Crippen LogP contribution in [0.5, 0.6) is 0 Å². The molecule has 0 bridgehead atoms. The normalized spacial score (nSPS) is 15.8. The lowest BCUT2D eigenvalue weighted by Gasteiger charge is -2.26. The van der Waals surface area contributed by atoms with Crippen LogP contribution in [-0.2, 0) is 9.53 Å². The molecule has 0 aromatic carbocycles. The largest absolute Gasteiger partial charge is 0.378 e. The molecule has 1 aliphatic rings. The summed E-state index contributed by atoms with van der Waals surface area (Å²) in [5, 5.41) is 2.75. The molecule has 1 saturated heterocycles. The maximum Gasteiger partial charge on any atom is 0.222 e. The van der Waals surface area contributed by atoms with Crippen molar-refractivity contribution in [2.75, 3.05) is 40.4 Å². The van der Waals surface area contributed by atoms with E-state index in [1.54, 1.807) is 0 Å². The second kappa shape index (κ2) is 8.97. The molecule has 0 saturated carbocycles. The first-order valence-electron chi connectivity index (χ1n) is 5.20. The zero-order valence-corrected chi connectivity index (χ0v) is 9.51. The third kappa shape index (κ3) is 5.94. The van der Waals surface area contributed by atoms with Crippen molar-refractivity contribution in [2.45, 2.75) is 19.8 Å². The average molecular weight is 202 g/mol. The first kappa shape index (κ1) is 13.4. The smallest absolute Gasteiger partial charge is 0.222 e. The van der Waals surface area contributed by atoms with Crippen molar-refractivity contribution < 1.29 is 9.53 Å². The minimum atomic E-state index is 0.274. The number of ether oxygens (including phenoxy) is 1. The summed E-state index contributed by atoms with van der Waals surface area (Å²) in [6, 6.07) is 0. The first-order chi connectivity index (χ1) is 6.76. The van der Waals surface area contributed by atoms with Crippen LogP contribution < -0.4 is 5.32 Å². The van der Waals surface area contributed by atoms with Gasteiger partial charge in [-0.15, -0.1) is 0 Å². The van der Waals surface area contributed by atoms with Gasteiger partial charge < -0.3 is 15.0 Å². The summed E-state index contributed by atoms with van der Waals surface area (Å²) in [6.45, 7) is 4.99. The Morgan fingerprint density at radius 1 is 1.36 bits per heavy atom. The third-order valence-corrected chi connectivity index (χ3v) is 1.83. The standard InChI is InChI=1S/C8H15NO2.C2H7N/c1-2-3-8(10)9-4-6-11-7-5-9;1-3-2/h2-7H2,1H3;3H,1-2H3. The van der Waals surface area contributed by atoms with Gasteiger partial charge in [-0.25, -0.2) is 0 Å². The van der Waals surface area contributed by atoms with E-state index in [-0.39, 0.29) is 5.91 Å². The van der Waals surface area contributed by atoms with Crippen LogP contribution in [0.3, 0.4) is 0 Å². The molecule has 0 spiro atoms. The Morgan fingerprint density at radius 2 is 1.86 bits per heavy atom. The highest BCUT2D eigenvalue weighted by Gasteiger charge is 2.14. The number of hydrogen-bond donors (Lipinski definition) is 1. The number of morpholine rings is 1. The summed E-state index contributed by atoms with van der Waals surface area (Å²) in [6.07, 6.45) is 1.62. The van der Waals surface area contributed by atoms with E-state index in [1.165, 1.54) is 0 Å². The van der Waals surface area contributed by atoms with Crippen LogP contribution in [0.4, 0.5) is 0 Å². The predicted octanol–water partition coefficient (Wildman–Crippen LogP) is 0.481. The second-order valence-corrected chi connectivity index (χ2v) is 3.24. The van der Waals surface area contributed by atoms with E-state index < -0.39 is 0 Å². The van der Waals surface area contributed by atoms with E-state index in [9.17, 15) is 4.79 Å². The highest BCUT2D eigenvalue weighted by molar-refractivity contribution is 5.76. The van der Waals surface area contributed by atoms with Gasteiger partial charge in [0.25, 0.3) is 0 Å². The third-order valence-electron chi connectivity index (χ3n) is 1.83. The Kier molecular flexibility index (Phi) is 8.57. The molecule has 0 aromatic rings. The molecule has 1 heterocycles. The Morgan fingerprint density at radius 3 is 2.29 bits per heavy atom. The average Bonchev–Trinajstić information content (AvgIpc) is 2.21. The molecule has 0 radical (unpaired) electrons. The minimum absolute atomic E-state index is 0.274. The molecule has 4 heteroatoms. The number of nitrogens with zero attached hydrogens (tertiary/aromatic N) is 1. The lowest BCUT2D eigenvalue weighted by molar-refractivity contribution is -0.135. The Balaban J connectivity index is 0.000000500. The summed E-state index contributed by atoms with van der Waals surface area (Å²) in [5.74, 6) is 0.274. The molecule has 1 rings (SSSR count). The van der Waals surface area contributed by atoms with E-state index >= 15 is 0 Å². The Labute approximate surface area is 86.6 Å². The SMILES string of the molecule is CCCC(=O)N1CCOCC1.CNC. The van der Waals surface area contributed by atoms with Gasteiger partial charge in [0.1, 0.15) is 0 Å². The second-order valence-electron chi connectivity index (χ2n) is 3.24. The van der Waals surface area contributed by atoms with Gasteiger partial charge in [-0.2, -0.15) is 0 Å². The summed E-state index contributed by atoms with van der Waals surface area (Å²) < 4.78 is 5.13. The topological polar surface area (TPSA) is 41.6 Å². The van der Waals surface area contributed by atoms with Crippen molar-refractivity contribution in [3.63, 3.8) is 0 Å². The zero-order chi connectivity index (χ0) is 10.8. The lowest BCUT2D eigenvalue weighted by atomic mass is 10.3. The molecule has 14 heavy (non-hydrogen) atoms. The van der Waals surface area contributed by atoms with Crippen LogP contribution in [0.15, 0.2) is 0 Å². The molecule has 1 amide bonds. The Bertz CT molecular complexity index is 145. The Hall–Kier alpha value is -0.610. The fourth-order valence-corrected chi connectivity index (χ4v) is 1.18. The van der Waals surface area contributed by atoms with E-state index in [4.69, 9.17) is 4.74 Å². The van der Waals surface area contributed by atoms with Crippen molar-refractivity contribution in [1.82, 2.24) is 10.2 Å². The summed E-state index contributed by atoms with van der Waals surface area (Å²) in [5.41, 5.74) is 0. The summed E-state index contributed by atoms with van der Waals surface area (Å²) in [4.78, 5) is 13.2. The monoisotopic (exact) mass is 202 g/mol. The maximum absolute atomic E-state index is 11.3. The molecule has 4 nitrogen and oxygen atoms in total. The van der Waals surface area contributed by atoms with Crippen molar-refractivity contribution in [1.29, 1.82) is 0 Å². The number of rotatable bonds is 2. The van der Waals surface area contributed by atoms with Gasteiger partial charge in [0, 0.05) is 19.5 Å². The van der Waals surface area contributed by atoms with Crippen LogP contribution in [0.2, 0.25) is 0 Å². The molecule has 0 aromatic heterocycles. The zero-order valence-electron chi connectivity index (χ0n) is 9.51. The fraction of sp³-hybridized carbons (Fsp3) is 0.900. The van der Waals surface area contributed by atoms with Crippen LogP contribution in [0, 0.1) is 0 Å². The van der Waals surface area contributed by atoms with E-state index in [1.807, 2.05) is 25.9 Å². The van der Waals surface area contributed by atoms with Crippen LogP contribution in [0.25, 0.3) is 0 Å². The molecule has 0 unspecified atom stereocenters. The van der Waals surface area contributed by atoms with Gasteiger partial charge >= 0.3 is 0 Å². The quantitative estimate of drug-likeness (QED) is 0.708. The van der Waals surface area contributed by atoms with Crippen molar-refractivity contribution >= 4 is 5.91 Å². The number of nitrogens with one attached hydrogen (secondary N) is 1. The van der Waals surface area contributed by atoms with Gasteiger partial charge in [0.2, 0.25) is 5.91 Å². The molecule has 1 fully saturated rings. The van der Waals surface area contributed by atoms with Gasteiger partial charge in [0.15, 0.2) is 0 Å². The van der Waals surface area contributed by atoms with E-state index in [0.717, 1.165) is 19.5 Å². The highest BCUT2D eigenvalue weighted by atomic mass is 16.5. The van der Waals surface area contributed by atoms with Crippen LogP contribution in [-0.4, -0.2) is 51.2 Å². The highest BCUT2D eigenvalue weighted by Crippen LogP contribution is 2.01. The van der Waals surface area contributed by atoms with Crippen LogP contribution >= 0.6 is 0 Å². The number of hydrogen-bond acceptors (Lipinski definition) is 3. The van der Waals surface area contributed by atoms with E-state index in [0.29, 0.717) is 19.6 Å². The molecule has 0 aliphatic carbocycles. The maximum atomic E-state index is 11.3. The van der Waals surface area contributed by atoms with Crippen molar-refractivity contribution in [3.05, 3.63) is 0 Å². The molecular weight excluding hydrogens is 180 g/mol.